The molecule has 0 aromatic carbocycles. The lowest BCUT2D eigenvalue weighted by Crippen LogP contribution is -2.59. The third-order valence-corrected chi connectivity index (χ3v) is 3.36. The fourth-order valence-corrected chi connectivity index (χ4v) is 2.18. The first-order valence-electron chi connectivity index (χ1n) is 6.96. The summed E-state index contributed by atoms with van der Waals surface area (Å²) in [6, 6.07) is 0. The van der Waals surface area contributed by atoms with E-state index in [0.29, 0.717) is 0 Å². The number of hydrogen-bond donors (Lipinski definition) is 7. The first kappa shape index (κ1) is 19.7. The van der Waals surface area contributed by atoms with Crippen molar-refractivity contribution in [3.05, 3.63) is 0 Å². The van der Waals surface area contributed by atoms with Gasteiger partial charge in [0.05, 0.1) is 13.1 Å². The van der Waals surface area contributed by atoms with Crippen LogP contribution in [-0.4, -0.2) is 111 Å². The molecule has 0 amide bonds. The average Bonchev–Trinajstić information content (AvgIpc) is 2.45. The number of carboxylic acid groups (broad SMARTS) is 2. The highest BCUT2D eigenvalue weighted by Gasteiger charge is 2.42. The normalized spacial score (nSPS) is 31.3. The van der Waals surface area contributed by atoms with E-state index in [2.05, 4.69) is 5.32 Å². The maximum Gasteiger partial charge on any atom is 0.317 e. The van der Waals surface area contributed by atoms with Crippen LogP contribution in [0.3, 0.4) is 0 Å². The molecule has 0 aliphatic carbocycles. The lowest BCUT2D eigenvalue weighted by atomic mass is 9.99. The minimum absolute atomic E-state index is 0.00991. The highest BCUT2D eigenvalue weighted by Crippen LogP contribution is 2.19. The first-order chi connectivity index (χ1) is 10.7. The molecule has 5 atom stereocenters. The van der Waals surface area contributed by atoms with Crippen molar-refractivity contribution in [1.29, 1.82) is 0 Å². The van der Waals surface area contributed by atoms with Crippen LogP contribution in [0.5, 0.6) is 0 Å². The van der Waals surface area contributed by atoms with Crippen molar-refractivity contribution in [1.82, 2.24) is 10.2 Å². The van der Waals surface area contributed by atoms with E-state index in [1.165, 1.54) is 4.90 Å². The van der Waals surface area contributed by atoms with Gasteiger partial charge in [0.1, 0.15) is 24.4 Å². The average molecular weight is 338 g/mol. The number of nitrogens with one attached hydrogen (secondary N) is 1. The minimum Gasteiger partial charge on any atom is -0.480 e. The molecule has 1 fully saturated rings. The SMILES string of the molecule is O=C(O)CN(CCNCC1OC(O)C(O)[C@@H](O)[C@@H]1O)CC(=O)O. The Hall–Kier alpha value is -1.34. The second-order valence-electron chi connectivity index (χ2n) is 5.24. The maximum absolute atomic E-state index is 10.6. The number of nitrogens with zero attached hydrogens (tertiary/aromatic N) is 1. The molecule has 1 heterocycles. The van der Waals surface area contributed by atoms with Crippen LogP contribution in [0.2, 0.25) is 0 Å². The topological polar surface area (TPSA) is 180 Å². The van der Waals surface area contributed by atoms with Crippen molar-refractivity contribution >= 4 is 11.9 Å². The summed E-state index contributed by atoms with van der Waals surface area (Å²) in [4.78, 5) is 22.5. The highest BCUT2D eigenvalue weighted by atomic mass is 16.6. The zero-order valence-corrected chi connectivity index (χ0v) is 12.3. The van der Waals surface area contributed by atoms with E-state index in [0.717, 1.165) is 0 Å². The van der Waals surface area contributed by atoms with E-state index < -0.39 is 55.7 Å². The fourth-order valence-electron chi connectivity index (χ4n) is 2.18. The van der Waals surface area contributed by atoms with Crippen LogP contribution in [0.25, 0.3) is 0 Å². The van der Waals surface area contributed by atoms with Gasteiger partial charge in [-0.25, -0.2) is 0 Å². The fraction of sp³-hybridized carbons (Fsp3) is 0.833. The largest absolute Gasteiger partial charge is 0.480 e. The molecule has 11 heteroatoms. The van der Waals surface area contributed by atoms with E-state index >= 15 is 0 Å². The summed E-state index contributed by atoms with van der Waals surface area (Å²) in [5.41, 5.74) is 0. The Morgan fingerprint density at radius 2 is 1.52 bits per heavy atom. The van der Waals surface area contributed by atoms with Gasteiger partial charge in [-0.05, 0) is 0 Å². The van der Waals surface area contributed by atoms with Crippen LogP contribution in [0.1, 0.15) is 0 Å². The van der Waals surface area contributed by atoms with Gasteiger partial charge in [-0.2, -0.15) is 0 Å². The van der Waals surface area contributed by atoms with Crippen LogP contribution >= 0.6 is 0 Å². The van der Waals surface area contributed by atoms with Gasteiger partial charge in [-0.15, -0.1) is 0 Å². The van der Waals surface area contributed by atoms with Crippen molar-refractivity contribution in [2.45, 2.75) is 30.7 Å². The number of rotatable bonds is 9. The predicted molar refractivity (Wildman–Crippen MR) is 73.5 cm³/mol. The summed E-state index contributed by atoms with van der Waals surface area (Å²) >= 11 is 0. The summed E-state index contributed by atoms with van der Waals surface area (Å²) in [5, 5.41) is 58.1. The van der Waals surface area contributed by atoms with Gasteiger partial charge in [0.25, 0.3) is 0 Å². The van der Waals surface area contributed by atoms with E-state index in [-0.39, 0.29) is 19.6 Å². The Morgan fingerprint density at radius 3 is 2.04 bits per heavy atom. The Labute approximate surface area is 131 Å². The molecule has 3 unspecified atom stereocenters. The van der Waals surface area contributed by atoms with E-state index in [1.54, 1.807) is 0 Å². The van der Waals surface area contributed by atoms with Gasteiger partial charge in [0, 0.05) is 19.6 Å². The number of ether oxygens (including phenoxy) is 1. The number of hydrogen-bond acceptors (Lipinski definition) is 9. The summed E-state index contributed by atoms with van der Waals surface area (Å²) in [6.07, 6.45) is -7.18. The number of carboxylic acids is 2. The van der Waals surface area contributed by atoms with E-state index in [4.69, 9.17) is 14.9 Å². The summed E-state index contributed by atoms with van der Waals surface area (Å²) in [5.74, 6) is -2.31. The van der Waals surface area contributed by atoms with Gasteiger partial charge >= 0.3 is 11.9 Å². The Morgan fingerprint density at radius 1 is 0.957 bits per heavy atom. The maximum atomic E-state index is 10.6. The van der Waals surface area contributed by atoms with Gasteiger partial charge in [-0.1, -0.05) is 0 Å². The highest BCUT2D eigenvalue weighted by molar-refractivity contribution is 5.72. The molecular formula is C12H22N2O9. The van der Waals surface area contributed by atoms with Gasteiger partial charge in [-0.3, -0.25) is 14.5 Å². The Bertz CT molecular complexity index is 392. The molecule has 0 spiro atoms. The van der Waals surface area contributed by atoms with Crippen molar-refractivity contribution in [3.8, 4) is 0 Å². The van der Waals surface area contributed by atoms with Crippen molar-refractivity contribution < 1.29 is 45.0 Å². The zero-order chi connectivity index (χ0) is 17.6. The van der Waals surface area contributed by atoms with Crippen molar-refractivity contribution in [2.24, 2.45) is 0 Å². The molecule has 0 aromatic rings. The number of aliphatic carboxylic acids is 2. The van der Waals surface area contributed by atoms with E-state index in [9.17, 15) is 30.0 Å². The molecule has 1 saturated heterocycles. The number of aliphatic hydroxyl groups is 4. The Balaban J connectivity index is 2.37. The molecule has 1 aliphatic heterocycles. The monoisotopic (exact) mass is 338 g/mol. The minimum atomic E-state index is -1.63. The molecule has 7 N–H and O–H groups in total. The molecule has 23 heavy (non-hydrogen) atoms. The molecule has 0 bridgehead atoms. The van der Waals surface area contributed by atoms with Gasteiger partial charge in [0.15, 0.2) is 6.29 Å². The molecule has 1 aliphatic rings. The van der Waals surface area contributed by atoms with E-state index in [1.807, 2.05) is 0 Å². The third-order valence-electron chi connectivity index (χ3n) is 3.36. The number of aliphatic hydroxyl groups excluding tert-OH is 4. The van der Waals surface area contributed by atoms with Crippen LogP contribution < -0.4 is 5.32 Å². The zero-order valence-electron chi connectivity index (χ0n) is 12.3. The molecule has 11 nitrogen and oxygen atoms in total. The summed E-state index contributed by atoms with van der Waals surface area (Å²) < 4.78 is 4.95. The Kier molecular flexibility index (Phi) is 7.78. The lowest BCUT2D eigenvalue weighted by molar-refractivity contribution is -0.280. The van der Waals surface area contributed by atoms with Gasteiger partial charge in [0.2, 0.25) is 0 Å². The molecule has 1 rings (SSSR count). The predicted octanol–water partition coefficient (Wildman–Crippen LogP) is -4.15. The van der Waals surface area contributed by atoms with Crippen molar-refractivity contribution in [2.75, 3.05) is 32.7 Å². The molecule has 134 valence electrons. The molecule has 0 saturated carbocycles. The molecule has 0 aromatic heterocycles. The van der Waals surface area contributed by atoms with Gasteiger partial charge < -0.3 is 40.7 Å². The standard InChI is InChI=1S/C12H22N2O9/c15-7(16)4-14(5-8(17)18)2-1-13-3-6-9(19)10(20)11(21)12(22)23-6/h6,9-13,19-22H,1-5H2,(H,15,16)(H,17,18)/t6?,9-,10+,11?,12?/m1/s1. The van der Waals surface area contributed by atoms with Crippen LogP contribution in [-0.2, 0) is 14.3 Å². The first-order valence-corrected chi connectivity index (χ1v) is 6.96. The van der Waals surface area contributed by atoms with Crippen LogP contribution in [0.15, 0.2) is 0 Å². The van der Waals surface area contributed by atoms with Crippen LogP contribution in [0, 0.1) is 0 Å². The van der Waals surface area contributed by atoms with Crippen molar-refractivity contribution in [3.63, 3.8) is 0 Å². The second-order valence-corrected chi connectivity index (χ2v) is 5.24. The second kappa shape index (κ2) is 9.08. The smallest absolute Gasteiger partial charge is 0.317 e. The number of carbonyl (C=O) groups is 2. The third kappa shape index (κ3) is 6.35. The summed E-state index contributed by atoms with van der Waals surface area (Å²) in [7, 11) is 0. The quantitative estimate of drug-likeness (QED) is 0.203. The van der Waals surface area contributed by atoms with Crippen LogP contribution in [0.4, 0.5) is 0 Å². The lowest BCUT2D eigenvalue weighted by Gasteiger charge is -2.38. The summed E-state index contributed by atoms with van der Waals surface area (Å²) in [6.45, 7) is -0.534. The molecular weight excluding hydrogens is 316 g/mol. The molecule has 0 radical (unpaired) electrons.